The number of amides is 1. The Morgan fingerprint density at radius 2 is 1.89 bits per heavy atom. The van der Waals surface area contributed by atoms with E-state index in [0.717, 1.165) is 6.07 Å². The lowest BCUT2D eigenvalue weighted by atomic mass is 10.1. The minimum Gasteiger partial charge on any atom is -0.355 e. The van der Waals surface area contributed by atoms with Gasteiger partial charge in [-0.2, -0.15) is 0 Å². The van der Waals surface area contributed by atoms with Crippen LogP contribution in [0.4, 0.5) is 13.2 Å². The monoisotopic (exact) mass is 260 g/mol. The van der Waals surface area contributed by atoms with E-state index in [1.807, 2.05) is 0 Å². The molecule has 1 N–H and O–H groups in total. The molecule has 0 unspecified atom stereocenters. The molecule has 3 nitrogen and oxygen atoms in total. The average molecular weight is 260 g/mol. The van der Waals surface area contributed by atoms with Gasteiger partial charge in [-0.05, 0) is 32.1 Å². The Morgan fingerprint density at radius 3 is 2.50 bits per heavy atom. The molecule has 0 saturated heterocycles. The van der Waals surface area contributed by atoms with E-state index in [9.17, 15) is 18.0 Å². The Hall–Kier alpha value is -1.56. The Labute approximate surface area is 104 Å². The quantitative estimate of drug-likeness (QED) is 0.810. The number of hydrogen-bond donors (Lipinski definition) is 1. The predicted octanol–water partition coefficient (Wildman–Crippen LogP) is 1.32. The van der Waals surface area contributed by atoms with Crippen LogP contribution in [0.2, 0.25) is 0 Å². The highest BCUT2D eigenvalue weighted by molar-refractivity contribution is 5.77. The molecule has 0 fully saturated rings. The minimum absolute atomic E-state index is 0.0408. The predicted molar refractivity (Wildman–Crippen MR) is 61.6 cm³/mol. The fraction of sp³-hybridized carbons (Fsp3) is 0.417. The van der Waals surface area contributed by atoms with Gasteiger partial charge in [-0.15, -0.1) is 0 Å². The van der Waals surface area contributed by atoms with Crippen molar-refractivity contribution in [1.29, 1.82) is 0 Å². The third-order valence-electron chi connectivity index (χ3n) is 2.29. The summed E-state index contributed by atoms with van der Waals surface area (Å²) in [5, 5.41) is 2.56. The number of halogens is 3. The van der Waals surface area contributed by atoms with Crippen LogP contribution in [0.1, 0.15) is 5.56 Å². The van der Waals surface area contributed by atoms with Crippen LogP contribution in [-0.2, 0) is 11.2 Å². The average Bonchev–Trinajstić information content (AvgIpc) is 2.28. The number of carbonyl (C=O) groups excluding carboxylic acids is 1. The molecule has 0 saturated carbocycles. The molecule has 0 aliphatic carbocycles. The standard InChI is InChI=1S/C12H15F3N2O/c1-17(2)7-10(18)16-6-5-8-3-4-9(13)12(15)11(8)14/h3-4H,5-7H2,1-2H3,(H,16,18). The molecule has 0 bridgehead atoms. The molecule has 0 atom stereocenters. The maximum atomic E-state index is 13.3. The van der Waals surface area contributed by atoms with Crippen LogP contribution < -0.4 is 5.32 Å². The summed E-state index contributed by atoms with van der Waals surface area (Å²) in [6, 6.07) is 2.04. The SMILES string of the molecule is CN(C)CC(=O)NCCc1ccc(F)c(F)c1F. The molecule has 6 heteroatoms. The molecule has 0 aromatic heterocycles. The Balaban J connectivity index is 2.50. The van der Waals surface area contributed by atoms with Crippen molar-refractivity contribution < 1.29 is 18.0 Å². The number of hydrogen-bond acceptors (Lipinski definition) is 2. The van der Waals surface area contributed by atoms with Crippen LogP contribution >= 0.6 is 0 Å². The van der Waals surface area contributed by atoms with Crippen molar-refractivity contribution in [2.24, 2.45) is 0 Å². The first kappa shape index (κ1) is 14.5. The van der Waals surface area contributed by atoms with Gasteiger partial charge in [0.2, 0.25) is 5.91 Å². The van der Waals surface area contributed by atoms with Crippen LogP contribution in [0.15, 0.2) is 12.1 Å². The maximum Gasteiger partial charge on any atom is 0.234 e. The molecular formula is C12H15F3N2O. The van der Waals surface area contributed by atoms with Gasteiger partial charge in [-0.25, -0.2) is 13.2 Å². The van der Waals surface area contributed by atoms with E-state index in [1.54, 1.807) is 19.0 Å². The lowest BCUT2D eigenvalue weighted by Crippen LogP contribution is -2.34. The molecule has 0 heterocycles. The summed E-state index contributed by atoms with van der Waals surface area (Å²) < 4.78 is 38.8. The molecule has 18 heavy (non-hydrogen) atoms. The highest BCUT2D eigenvalue weighted by atomic mass is 19.2. The molecule has 1 aromatic rings. The molecule has 100 valence electrons. The van der Waals surface area contributed by atoms with Crippen LogP contribution in [0, 0.1) is 17.5 Å². The van der Waals surface area contributed by atoms with Crippen LogP contribution in [0.25, 0.3) is 0 Å². The number of nitrogens with one attached hydrogen (secondary N) is 1. The number of benzene rings is 1. The van der Waals surface area contributed by atoms with E-state index in [-0.39, 0.29) is 31.0 Å². The second-order valence-corrected chi connectivity index (χ2v) is 4.17. The van der Waals surface area contributed by atoms with E-state index in [1.165, 1.54) is 6.07 Å². The number of likely N-dealkylation sites (N-methyl/N-ethyl adjacent to an activating group) is 1. The highest BCUT2D eigenvalue weighted by Crippen LogP contribution is 2.15. The van der Waals surface area contributed by atoms with Gasteiger partial charge < -0.3 is 10.2 Å². The van der Waals surface area contributed by atoms with E-state index < -0.39 is 17.5 Å². The summed E-state index contributed by atoms with van der Waals surface area (Å²) in [6.07, 6.45) is 0.113. The smallest absolute Gasteiger partial charge is 0.234 e. The molecule has 1 rings (SSSR count). The highest BCUT2D eigenvalue weighted by Gasteiger charge is 2.13. The van der Waals surface area contributed by atoms with Gasteiger partial charge >= 0.3 is 0 Å². The van der Waals surface area contributed by atoms with Crippen molar-refractivity contribution in [3.63, 3.8) is 0 Å². The first-order valence-electron chi connectivity index (χ1n) is 5.45. The van der Waals surface area contributed by atoms with Crippen LogP contribution in [0.3, 0.4) is 0 Å². The second kappa shape index (κ2) is 6.39. The molecule has 0 spiro atoms. The van der Waals surface area contributed by atoms with Crippen molar-refractivity contribution >= 4 is 5.91 Å². The lowest BCUT2D eigenvalue weighted by molar-refractivity contribution is -0.121. The summed E-state index contributed by atoms with van der Waals surface area (Å²) in [5.41, 5.74) is 0.0408. The van der Waals surface area contributed by atoms with Gasteiger partial charge in [0, 0.05) is 6.54 Å². The Morgan fingerprint density at radius 1 is 1.22 bits per heavy atom. The molecule has 0 aliphatic heterocycles. The van der Waals surface area contributed by atoms with E-state index in [2.05, 4.69) is 5.32 Å². The fourth-order valence-electron chi connectivity index (χ4n) is 1.44. The van der Waals surface area contributed by atoms with Crippen molar-refractivity contribution in [3.05, 3.63) is 35.1 Å². The van der Waals surface area contributed by atoms with Gasteiger partial charge in [0.05, 0.1) is 6.54 Å². The second-order valence-electron chi connectivity index (χ2n) is 4.17. The summed E-state index contributed by atoms with van der Waals surface area (Å²) in [5.74, 6) is -4.10. The zero-order valence-electron chi connectivity index (χ0n) is 10.3. The van der Waals surface area contributed by atoms with E-state index in [0.29, 0.717) is 0 Å². The van der Waals surface area contributed by atoms with Crippen molar-refractivity contribution in [2.45, 2.75) is 6.42 Å². The van der Waals surface area contributed by atoms with Gasteiger partial charge in [0.25, 0.3) is 0 Å². The fourth-order valence-corrected chi connectivity index (χ4v) is 1.44. The first-order chi connectivity index (χ1) is 8.41. The van der Waals surface area contributed by atoms with Gasteiger partial charge in [0.15, 0.2) is 17.5 Å². The third kappa shape index (κ3) is 4.03. The number of nitrogens with zero attached hydrogens (tertiary/aromatic N) is 1. The largest absolute Gasteiger partial charge is 0.355 e. The lowest BCUT2D eigenvalue weighted by Gasteiger charge is -2.10. The van der Waals surface area contributed by atoms with E-state index in [4.69, 9.17) is 0 Å². The van der Waals surface area contributed by atoms with Gasteiger partial charge in [-0.3, -0.25) is 4.79 Å². The molecule has 0 aliphatic rings. The summed E-state index contributed by atoms with van der Waals surface area (Å²) in [7, 11) is 3.49. The molecule has 1 aromatic carbocycles. The van der Waals surface area contributed by atoms with Crippen LogP contribution in [0.5, 0.6) is 0 Å². The van der Waals surface area contributed by atoms with Crippen molar-refractivity contribution in [2.75, 3.05) is 27.2 Å². The van der Waals surface area contributed by atoms with Crippen molar-refractivity contribution in [3.8, 4) is 0 Å². The maximum absolute atomic E-state index is 13.3. The Bertz CT molecular complexity index is 436. The van der Waals surface area contributed by atoms with Gasteiger partial charge in [0.1, 0.15) is 0 Å². The molecule has 0 radical (unpaired) electrons. The molecular weight excluding hydrogens is 245 g/mol. The van der Waals surface area contributed by atoms with Crippen molar-refractivity contribution in [1.82, 2.24) is 10.2 Å². The van der Waals surface area contributed by atoms with E-state index >= 15 is 0 Å². The zero-order chi connectivity index (χ0) is 13.7. The summed E-state index contributed by atoms with van der Waals surface area (Å²) >= 11 is 0. The minimum atomic E-state index is -1.48. The third-order valence-corrected chi connectivity index (χ3v) is 2.29. The topological polar surface area (TPSA) is 32.3 Å². The first-order valence-corrected chi connectivity index (χ1v) is 5.45. The zero-order valence-corrected chi connectivity index (χ0v) is 10.3. The van der Waals surface area contributed by atoms with Gasteiger partial charge in [-0.1, -0.05) is 6.07 Å². The van der Waals surface area contributed by atoms with Crippen LogP contribution in [-0.4, -0.2) is 38.0 Å². The summed E-state index contributed by atoms with van der Waals surface area (Å²) in [6.45, 7) is 0.398. The Kier molecular flexibility index (Phi) is 5.15. The molecule has 1 amide bonds. The normalized spacial score (nSPS) is 10.8. The number of carbonyl (C=O) groups is 1. The number of rotatable bonds is 5. The summed E-state index contributed by atoms with van der Waals surface area (Å²) in [4.78, 5) is 13.0.